The Morgan fingerprint density at radius 1 is 1.00 bits per heavy atom. The van der Waals surface area contributed by atoms with E-state index in [2.05, 4.69) is 19.2 Å². The number of furan rings is 1. The third-order valence-corrected chi connectivity index (χ3v) is 6.13. The molecule has 6 heteroatoms. The fourth-order valence-corrected chi connectivity index (χ4v) is 4.15. The minimum Gasteiger partial charge on any atom is -0.475 e. The summed E-state index contributed by atoms with van der Waals surface area (Å²) in [7, 11) is 1.58. The molecule has 1 aliphatic heterocycles. The third kappa shape index (κ3) is 3.96. The van der Waals surface area contributed by atoms with Gasteiger partial charge in [0.25, 0.3) is 5.91 Å². The predicted octanol–water partition coefficient (Wildman–Crippen LogP) is 6.07. The Morgan fingerprint density at radius 3 is 2.41 bits per heavy atom. The van der Waals surface area contributed by atoms with E-state index in [1.54, 1.807) is 19.2 Å². The zero-order valence-corrected chi connectivity index (χ0v) is 19.3. The highest BCUT2D eigenvalue weighted by atomic mass is 19.1. The molecule has 0 saturated carbocycles. The van der Waals surface area contributed by atoms with Gasteiger partial charge in [0.15, 0.2) is 0 Å². The fourth-order valence-electron chi connectivity index (χ4n) is 4.15. The van der Waals surface area contributed by atoms with Gasteiger partial charge in [-0.3, -0.25) is 4.79 Å². The molecule has 0 radical (unpaired) electrons. The van der Waals surface area contributed by atoms with Gasteiger partial charge in [-0.25, -0.2) is 9.38 Å². The van der Waals surface area contributed by atoms with Gasteiger partial charge in [-0.05, 0) is 65.6 Å². The Bertz CT molecular complexity index is 1400. The number of hydrogen-bond acceptors (Lipinski definition) is 4. The van der Waals surface area contributed by atoms with Crippen LogP contribution in [0.1, 0.15) is 29.8 Å². The average molecular weight is 457 g/mol. The second-order valence-electron chi connectivity index (χ2n) is 8.74. The number of amides is 1. The lowest BCUT2D eigenvalue weighted by atomic mass is 9.99. The first-order chi connectivity index (χ1) is 16.4. The number of rotatable bonds is 5. The molecule has 1 amide bonds. The van der Waals surface area contributed by atoms with Gasteiger partial charge in [0.05, 0.1) is 11.6 Å². The number of fused-ring (bicyclic) bond motifs is 1. The molecule has 1 aromatic heterocycles. The Kier molecular flexibility index (Phi) is 5.65. The summed E-state index contributed by atoms with van der Waals surface area (Å²) in [6.07, 6.45) is 0. The maximum Gasteiger partial charge on any atom is 0.255 e. The number of aliphatic imine (C=N–C) groups is 1. The number of hydrogen-bond donors (Lipinski definition) is 1. The van der Waals surface area contributed by atoms with E-state index >= 15 is 0 Å². The summed E-state index contributed by atoms with van der Waals surface area (Å²) in [6, 6.07) is 19.9. The van der Waals surface area contributed by atoms with E-state index < -0.39 is 0 Å². The van der Waals surface area contributed by atoms with E-state index in [4.69, 9.17) is 14.1 Å². The minimum atomic E-state index is -0.348. The van der Waals surface area contributed by atoms with Crippen molar-refractivity contribution in [3.63, 3.8) is 0 Å². The second kappa shape index (κ2) is 8.78. The summed E-state index contributed by atoms with van der Waals surface area (Å²) in [5.41, 5.74) is 4.48. The summed E-state index contributed by atoms with van der Waals surface area (Å²) in [4.78, 5) is 17.6. The van der Waals surface area contributed by atoms with E-state index in [1.807, 2.05) is 42.5 Å². The molecular weight excluding hydrogens is 431 g/mol. The fraction of sp³-hybridized carbons (Fsp3) is 0.214. The van der Waals surface area contributed by atoms with Crippen molar-refractivity contribution in [2.45, 2.75) is 19.9 Å². The molecule has 0 fully saturated rings. The smallest absolute Gasteiger partial charge is 0.255 e. The van der Waals surface area contributed by atoms with Gasteiger partial charge in [-0.1, -0.05) is 32.0 Å². The van der Waals surface area contributed by atoms with Gasteiger partial charge in [0.2, 0.25) is 5.90 Å². The van der Waals surface area contributed by atoms with Gasteiger partial charge in [-0.15, -0.1) is 0 Å². The van der Waals surface area contributed by atoms with Crippen LogP contribution < -0.4 is 5.32 Å². The van der Waals surface area contributed by atoms with Crippen LogP contribution >= 0.6 is 0 Å². The number of carbonyl (C=O) groups excluding carboxylic acids is 1. The van der Waals surface area contributed by atoms with Crippen molar-refractivity contribution in [2.24, 2.45) is 10.9 Å². The highest BCUT2D eigenvalue weighted by molar-refractivity contribution is 6.11. The second-order valence-corrected chi connectivity index (χ2v) is 8.74. The molecule has 0 bridgehead atoms. The Morgan fingerprint density at radius 2 is 1.71 bits per heavy atom. The SMILES string of the molecule is CNC(=O)c1c(-c2ccc(F)cc2)oc2ccc(-c3cccc(C4=N[C@H](C(C)C)CO4)c3)cc12. The Hall–Kier alpha value is -3.93. The molecule has 0 unspecified atom stereocenters. The molecule has 5 nitrogen and oxygen atoms in total. The lowest BCUT2D eigenvalue weighted by Gasteiger charge is -2.07. The normalized spacial score (nSPS) is 15.4. The maximum atomic E-state index is 13.5. The van der Waals surface area contributed by atoms with Crippen LogP contribution in [0.25, 0.3) is 33.4 Å². The molecule has 1 atom stereocenters. The number of carbonyl (C=O) groups is 1. The molecule has 172 valence electrons. The standard InChI is InChI=1S/C28H25FN2O3/c1-16(2)23-15-33-28(31-23)20-6-4-5-18(13-20)19-9-12-24-22(14-19)25(27(32)30-3)26(34-24)17-7-10-21(29)11-8-17/h4-14,16,23H,15H2,1-3H3,(H,30,32)/t23-/m0/s1. The Balaban J connectivity index is 1.59. The van der Waals surface area contributed by atoms with Crippen molar-refractivity contribution in [2.75, 3.05) is 13.7 Å². The summed E-state index contributed by atoms with van der Waals surface area (Å²) < 4.78 is 25.4. The first kappa shape index (κ1) is 21.9. The van der Waals surface area contributed by atoms with Crippen molar-refractivity contribution in [1.82, 2.24) is 5.32 Å². The van der Waals surface area contributed by atoms with Crippen molar-refractivity contribution in [1.29, 1.82) is 0 Å². The van der Waals surface area contributed by atoms with Crippen LogP contribution in [0.2, 0.25) is 0 Å². The average Bonchev–Trinajstić information content (AvgIpc) is 3.49. The van der Waals surface area contributed by atoms with E-state index in [0.717, 1.165) is 16.7 Å². The largest absolute Gasteiger partial charge is 0.475 e. The molecular formula is C28H25FN2O3. The number of benzene rings is 3. The molecule has 2 heterocycles. The van der Waals surface area contributed by atoms with Crippen molar-refractivity contribution in [3.05, 3.63) is 83.7 Å². The van der Waals surface area contributed by atoms with Crippen LogP contribution in [0.5, 0.6) is 0 Å². The highest BCUT2D eigenvalue weighted by Gasteiger charge is 2.24. The van der Waals surface area contributed by atoms with Gasteiger partial charge >= 0.3 is 0 Å². The van der Waals surface area contributed by atoms with Gasteiger partial charge in [-0.2, -0.15) is 0 Å². The van der Waals surface area contributed by atoms with Crippen LogP contribution in [0.3, 0.4) is 0 Å². The van der Waals surface area contributed by atoms with Crippen LogP contribution in [0, 0.1) is 11.7 Å². The third-order valence-electron chi connectivity index (χ3n) is 6.13. The van der Waals surface area contributed by atoms with Gasteiger partial charge in [0, 0.05) is 23.6 Å². The van der Waals surface area contributed by atoms with Crippen LogP contribution in [-0.2, 0) is 4.74 Å². The molecule has 5 rings (SSSR count). The van der Waals surface area contributed by atoms with Crippen molar-refractivity contribution >= 4 is 22.8 Å². The number of halogens is 1. The molecule has 34 heavy (non-hydrogen) atoms. The zero-order valence-electron chi connectivity index (χ0n) is 19.3. The first-order valence-electron chi connectivity index (χ1n) is 11.3. The summed E-state index contributed by atoms with van der Waals surface area (Å²) in [5, 5.41) is 3.39. The molecule has 0 aliphatic carbocycles. The quantitative estimate of drug-likeness (QED) is 0.397. The lowest BCUT2D eigenvalue weighted by Crippen LogP contribution is -2.18. The number of nitrogens with one attached hydrogen (secondary N) is 1. The summed E-state index contributed by atoms with van der Waals surface area (Å²) in [6.45, 7) is 4.88. The van der Waals surface area contributed by atoms with Crippen LogP contribution in [0.4, 0.5) is 4.39 Å². The van der Waals surface area contributed by atoms with E-state index in [1.165, 1.54) is 12.1 Å². The minimum absolute atomic E-state index is 0.168. The van der Waals surface area contributed by atoms with E-state index in [-0.39, 0.29) is 17.8 Å². The zero-order chi connectivity index (χ0) is 23.8. The predicted molar refractivity (Wildman–Crippen MR) is 132 cm³/mol. The maximum absolute atomic E-state index is 13.5. The van der Waals surface area contributed by atoms with Crippen molar-refractivity contribution < 1.29 is 18.3 Å². The number of nitrogens with zero attached hydrogens (tertiary/aromatic N) is 1. The summed E-state index contributed by atoms with van der Waals surface area (Å²) in [5.74, 6) is 0.877. The van der Waals surface area contributed by atoms with Crippen molar-refractivity contribution in [3.8, 4) is 22.5 Å². The Labute approximate surface area is 197 Å². The van der Waals surface area contributed by atoms with Crippen LogP contribution in [0.15, 0.2) is 76.1 Å². The molecule has 1 N–H and O–H groups in total. The van der Waals surface area contributed by atoms with Crippen LogP contribution in [-0.4, -0.2) is 31.5 Å². The molecule has 4 aromatic rings. The highest BCUT2D eigenvalue weighted by Crippen LogP contribution is 2.36. The van der Waals surface area contributed by atoms with Gasteiger partial charge in [0.1, 0.15) is 23.8 Å². The molecule has 0 saturated heterocycles. The molecule has 1 aliphatic rings. The van der Waals surface area contributed by atoms with E-state index in [0.29, 0.717) is 46.3 Å². The molecule has 0 spiro atoms. The first-order valence-corrected chi connectivity index (χ1v) is 11.3. The van der Waals surface area contributed by atoms with Gasteiger partial charge < -0.3 is 14.5 Å². The lowest BCUT2D eigenvalue weighted by molar-refractivity contribution is 0.0964. The monoisotopic (exact) mass is 456 g/mol. The number of ether oxygens (including phenoxy) is 1. The van der Waals surface area contributed by atoms with E-state index in [9.17, 15) is 9.18 Å². The molecule has 3 aromatic carbocycles. The topological polar surface area (TPSA) is 63.8 Å². The summed E-state index contributed by atoms with van der Waals surface area (Å²) >= 11 is 0.